The largest absolute Gasteiger partial charge is 0.350 e. The highest BCUT2D eigenvalue weighted by Crippen LogP contribution is 2.24. The number of carbonyl (C=O) groups excluding carboxylic acids is 1. The summed E-state index contributed by atoms with van der Waals surface area (Å²) in [7, 11) is -3.64. The van der Waals surface area contributed by atoms with Crippen molar-refractivity contribution < 1.29 is 13.2 Å². The zero-order valence-electron chi connectivity index (χ0n) is 17.1. The Balaban J connectivity index is 2.17. The average Bonchev–Trinajstić information content (AvgIpc) is 2.94. The van der Waals surface area contributed by atoms with Gasteiger partial charge < -0.3 is 5.32 Å². The molecule has 2 rings (SSSR count). The molecule has 0 aliphatic heterocycles. The van der Waals surface area contributed by atoms with Crippen molar-refractivity contribution >= 4 is 15.9 Å². The molecule has 0 aliphatic carbocycles. The van der Waals surface area contributed by atoms with Gasteiger partial charge in [-0.1, -0.05) is 44.2 Å². The van der Waals surface area contributed by atoms with Crippen molar-refractivity contribution in [3.63, 3.8) is 0 Å². The summed E-state index contributed by atoms with van der Waals surface area (Å²) in [5.41, 5.74) is 1.91. The number of aromatic nitrogens is 2. The van der Waals surface area contributed by atoms with Crippen LogP contribution in [-0.4, -0.2) is 41.5 Å². The molecule has 0 bridgehead atoms. The van der Waals surface area contributed by atoms with Crippen molar-refractivity contribution in [2.24, 2.45) is 0 Å². The summed E-state index contributed by atoms with van der Waals surface area (Å²) in [6.07, 6.45) is 1.49. The standard InChI is InChI=1S/C20H30N4O3S/c1-5-12-23(13-6-2)28(26,27)20-16(3)22-24(17(20)4)15-19(25)21-14-18-10-8-7-9-11-18/h7-11H,5-6,12-15H2,1-4H3,(H,21,25). The third-order valence-electron chi connectivity index (χ3n) is 4.48. The smallest absolute Gasteiger partial charge is 0.246 e. The molecule has 2 aromatic rings. The van der Waals surface area contributed by atoms with Crippen LogP contribution in [0, 0.1) is 13.8 Å². The van der Waals surface area contributed by atoms with Gasteiger partial charge in [0.1, 0.15) is 11.4 Å². The summed E-state index contributed by atoms with van der Waals surface area (Å²) < 4.78 is 29.2. The summed E-state index contributed by atoms with van der Waals surface area (Å²) >= 11 is 0. The highest BCUT2D eigenvalue weighted by molar-refractivity contribution is 7.89. The van der Waals surface area contributed by atoms with E-state index in [4.69, 9.17) is 0 Å². The molecule has 1 heterocycles. The molecule has 0 saturated heterocycles. The molecule has 0 saturated carbocycles. The highest BCUT2D eigenvalue weighted by atomic mass is 32.2. The minimum Gasteiger partial charge on any atom is -0.350 e. The maximum absolute atomic E-state index is 13.1. The Morgan fingerprint density at radius 2 is 1.71 bits per heavy atom. The van der Waals surface area contributed by atoms with Crippen molar-refractivity contribution in [3.8, 4) is 0 Å². The second-order valence-corrected chi connectivity index (χ2v) is 8.70. The quantitative estimate of drug-likeness (QED) is 0.657. The number of hydrogen-bond donors (Lipinski definition) is 1. The van der Waals surface area contributed by atoms with Crippen LogP contribution in [0.2, 0.25) is 0 Å². The van der Waals surface area contributed by atoms with E-state index < -0.39 is 10.0 Å². The Bertz CT molecular complexity index is 886. The minimum absolute atomic E-state index is 0.0173. The monoisotopic (exact) mass is 406 g/mol. The van der Waals surface area contributed by atoms with Crippen LogP contribution in [0.1, 0.15) is 43.6 Å². The molecule has 1 N–H and O–H groups in total. The zero-order valence-corrected chi connectivity index (χ0v) is 17.9. The summed E-state index contributed by atoms with van der Waals surface area (Å²) in [5.74, 6) is -0.211. The number of benzene rings is 1. The van der Waals surface area contributed by atoms with Gasteiger partial charge in [0.25, 0.3) is 0 Å². The second-order valence-electron chi connectivity index (χ2n) is 6.82. The summed E-state index contributed by atoms with van der Waals surface area (Å²) in [5, 5.41) is 7.17. The predicted molar refractivity (Wildman–Crippen MR) is 109 cm³/mol. The first kappa shape index (κ1) is 22.1. The molecule has 1 aromatic heterocycles. The van der Waals surface area contributed by atoms with Gasteiger partial charge in [0.15, 0.2) is 0 Å². The topological polar surface area (TPSA) is 84.3 Å². The molecule has 0 atom stereocenters. The molecule has 8 heteroatoms. The maximum Gasteiger partial charge on any atom is 0.246 e. The van der Waals surface area contributed by atoms with Gasteiger partial charge in [-0.2, -0.15) is 9.40 Å². The summed E-state index contributed by atoms with van der Waals surface area (Å²) in [4.78, 5) is 12.5. The summed E-state index contributed by atoms with van der Waals surface area (Å²) in [6.45, 7) is 8.63. The van der Waals surface area contributed by atoms with Crippen molar-refractivity contribution in [2.75, 3.05) is 13.1 Å². The third kappa shape index (κ3) is 5.20. The fourth-order valence-electron chi connectivity index (χ4n) is 3.18. The molecule has 1 amide bonds. The van der Waals surface area contributed by atoms with Gasteiger partial charge in [0, 0.05) is 19.6 Å². The number of aryl methyl sites for hydroxylation is 1. The number of nitrogens with zero attached hydrogens (tertiary/aromatic N) is 3. The number of nitrogens with one attached hydrogen (secondary N) is 1. The first-order valence-electron chi connectivity index (χ1n) is 9.66. The van der Waals surface area contributed by atoms with E-state index in [1.54, 1.807) is 13.8 Å². The van der Waals surface area contributed by atoms with Crippen LogP contribution in [0.15, 0.2) is 35.2 Å². The lowest BCUT2D eigenvalue weighted by Gasteiger charge is -2.21. The Labute approximate surface area is 167 Å². The van der Waals surface area contributed by atoms with E-state index in [-0.39, 0.29) is 17.3 Å². The van der Waals surface area contributed by atoms with Gasteiger partial charge >= 0.3 is 0 Å². The lowest BCUT2D eigenvalue weighted by Crippen LogP contribution is -2.33. The molecule has 7 nitrogen and oxygen atoms in total. The van der Waals surface area contributed by atoms with Crippen molar-refractivity contribution in [1.82, 2.24) is 19.4 Å². The fraction of sp³-hybridized carbons (Fsp3) is 0.500. The molecule has 0 unspecified atom stereocenters. The lowest BCUT2D eigenvalue weighted by atomic mass is 10.2. The van der Waals surface area contributed by atoms with Gasteiger partial charge in [0.05, 0.1) is 11.4 Å². The zero-order chi connectivity index (χ0) is 20.7. The molecule has 0 aliphatic rings. The number of rotatable bonds is 10. The average molecular weight is 407 g/mol. The Kier molecular flexibility index (Phi) is 7.77. The van der Waals surface area contributed by atoms with Gasteiger partial charge in [-0.15, -0.1) is 0 Å². The number of hydrogen-bond acceptors (Lipinski definition) is 4. The Hall–Kier alpha value is -2.19. The van der Waals surface area contributed by atoms with E-state index in [0.29, 0.717) is 31.0 Å². The highest BCUT2D eigenvalue weighted by Gasteiger charge is 2.30. The molecule has 0 fully saturated rings. The Morgan fingerprint density at radius 1 is 1.11 bits per heavy atom. The van der Waals surface area contributed by atoms with Crippen LogP contribution >= 0.6 is 0 Å². The number of sulfonamides is 1. The van der Waals surface area contributed by atoms with Crippen LogP contribution in [-0.2, 0) is 27.9 Å². The van der Waals surface area contributed by atoms with Gasteiger partial charge in [-0.25, -0.2) is 8.42 Å². The van der Waals surface area contributed by atoms with Crippen LogP contribution in [0.5, 0.6) is 0 Å². The Morgan fingerprint density at radius 3 is 2.29 bits per heavy atom. The fourth-order valence-corrected chi connectivity index (χ4v) is 5.17. The van der Waals surface area contributed by atoms with E-state index in [2.05, 4.69) is 10.4 Å². The van der Waals surface area contributed by atoms with Gasteiger partial charge in [-0.05, 0) is 32.3 Å². The van der Waals surface area contributed by atoms with Crippen molar-refractivity contribution in [1.29, 1.82) is 0 Å². The van der Waals surface area contributed by atoms with Crippen LogP contribution in [0.4, 0.5) is 0 Å². The molecule has 1 aromatic carbocycles. The molecule has 28 heavy (non-hydrogen) atoms. The van der Waals surface area contributed by atoms with Gasteiger partial charge in [-0.3, -0.25) is 9.48 Å². The van der Waals surface area contributed by atoms with Crippen LogP contribution < -0.4 is 5.32 Å². The predicted octanol–water partition coefficient (Wildman–Crippen LogP) is 2.63. The number of carbonyl (C=O) groups is 1. The molecule has 154 valence electrons. The van der Waals surface area contributed by atoms with Crippen molar-refractivity contribution in [2.45, 2.75) is 58.5 Å². The number of amides is 1. The van der Waals surface area contributed by atoms with E-state index in [1.807, 2.05) is 44.2 Å². The van der Waals surface area contributed by atoms with E-state index in [9.17, 15) is 13.2 Å². The van der Waals surface area contributed by atoms with Crippen LogP contribution in [0.3, 0.4) is 0 Å². The SMILES string of the molecule is CCCN(CCC)S(=O)(=O)c1c(C)nn(CC(=O)NCc2ccccc2)c1C. The van der Waals surface area contributed by atoms with E-state index in [0.717, 1.165) is 18.4 Å². The summed E-state index contributed by atoms with van der Waals surface area (Å²) in [6, 6.07) is 9.62. The molecule has 0 radical (unpaired) electrons. The molecule has 0 spiro atoms. The minimum atomic E-state index is -3.64. The first-order chi connectivity index (χ1) is 13.3. The van der Waals surface area contributed by atoms with Crippen molar-refractivity contribution in [3.05, 3.63) is 47.3 Å². The third-order valence-corrected chi connectivity index (χ3v) is 6.64. The molecular formula is C20H30N4O3S. The van der Waals surface area contributed by atoms with E-state index in [1.165, 1.54) is 8.99 Å². The first-order valence-corrected chi connectivity index (χ1v) is 11.1. The lowest BCUT2D eigenvalue weighted by molar-refractivity contribution is -0.122. The maximum atomic E-state index is 13.1. The second kappa shape index (κ2) is 9.84. The van der Waals surface area contributed by atoms with E-state index >= 15 is 0 Å². The normalized spacial score (nSPS) is 11.8. The van der Waals surface area contributed by atoms with Gasteiger partial charge in [0.2, 0.25) is 15.9 Å². The van der Waals surface area contributed by atoms with Crippen LogP contribution in [0.25, 0.3) is 0 Å². The molecular weight excluding hydrogens is 376 g/mol.